The summed E-state index contributed by atoms with van der Waals surface area (Å²) < 4.78 is 41.2. The van der Waals surface area contributed by atoms with Crippen LogP contribution in [0.3, 0.4) is 0 Å². The zero-order chi connectivity index (χ0) is 18.0. The highest BCUT2D eigenvalue weighted by atomic mass is 35.5. The highest BCUT2D eigenvalue weighted by Gasteiger charge is 2.24. The zero-order valence-electron chi connectivity index (χ0n) is 14.3. The first kappa shape index (κ1) is 18.3. The van der Waals surface area contributed by atoms with Gasteiger partial charge in [0.05, 0.1) is 5.02 Å². The monoisotopic (exact) mass is 366 g/mol. The third-order valence-electron chi connectivity index (χ3n) is 5.29. The fourth-order valence-electron chi connectivity index (χ4n) is 3.95. The number of halogens is 4. The summed E-state index contributed by atoms with van der Waals surface area (Å²) in [5.74, 6) is -1.35. The molecule has 0 heterocycles. The van der Waals surface area contributed by atoms with Crippen LogP contribution in [-0.2, 0) is 0 Å². The second-order valence-electron chi connectivity index (χ2n) is 6.99. The van der Waals surface area contributed by atoms with E-state index < -0.39 is 17.5 Å². The van der Waals surface area contributed by atoms with Crippen molar-refractivity contribution in [3.05, 3.63) is 58.4 Å². The Balaban J connectivity index is 1.84. The minimum Gasteiger partial charge on any atom is -0.206 e. The molecule has 4 heteroatoms. The molecule has 1 aliphatic carbocycles. The Hall–Kier alpha value is -1.48. The maximum Gasteiger partial charge on any atom is 0.159 e. The Morgan fingerprint density at radius 1 is 0.920 bits per heavy atom. The summed E-state index contributed by atoms with van der Waals surface area (Å²) >= 11 is 6.30. The van der Waals surface area contributed by atoms with E-state index in [4.69, 9.17) is 11.6 Å². The summed E-state index contributed by atoms with van der Waals surface area (Å²) in [5.41, 5.74) is 1.28. The molecule has 0 saturated heterocycles. The van der Waals surface area contributed by atoms with Crippen LogP contribution in [0.25, 0.3) is 11.1 Å². The van der Waals surface area contributed by atoms with Crippen molar-refractivity contribution in [1.82, 2.24) is 0 Å². The largest absolute Gasteiger partial charge is 0.206 e. The van der Waals surface area contributed by atoms with Gasteiger partial charge in [-0.3, -0.25) is 0 Å². The average molecular weight is 367 g/mol. The normalized spacial score (nSPS) is 20.7. The SMILES string of the molecule is CCCC1CCC(c2cc(F)c(-c3ccc(F)c(F)c3)c(Cl)c2)CC1. The Morgan fingerprint density at radius 2 is 1.64 bits per heavy atom. The number of hydrogen-bond acceptors (Lipinski definition) is 0. The van der Waals surface area contributed by atoms with E-state index in [-0.39, 0.29) is 16.1 Å². The standard InChI is InChI=1S/C21H22ClF3/c1-2-3-13-4-6-14(7-5-13)16-10-17(22)21(20(25)12-16)15-8-9-18(23)19(24)11-15/h8-14H,2-7H2,1H3. The van der Waals surface area contributed by atoms with Crippen LogP contribution in [-0.4, -0.2) is 0 Å². The topological polar surface area (TPSA) is 0 Å². The molecule has 0 aromatic heterocycles. The number of benzene rings is 2. The molecule has 134 valence electrons. The molecule has 0 bridgehead atoms. The van der Waals surface area contributed by atoms with Crippen molar-refractivity contribution < 1.29 is 13.2 Å². The first-order valence-corrected chi connectivity index (χ1v) is 9.31. The van der Waals surface area contributed by atoms with Crippen molar-refractivity contribution in [3.63, 3.8) is 0 Å². The minimum atomic E-state index is -1.01. The van der Waals surface area contributed by atoms with Crippen molar-refractivity contribution in [2.45, 2.75) is 51.4 Å². The highest BCUT2D eigenvalue weighted by molar-refractivity contribution is 6.33. The first-order valence-electron chi connectivity index (χ1n) is 8.94. The summed E-state index contributed by atoms with van der Waals surface area (Å²) in [5, 5.41) is 0.247. The van der Waals surface area contributed by atoms with E-state index in [1.165, 1.54) is 37.8 Å². The first-order chi connectivity index (χ1) is 12.0. The van der Waals surface area contributed by atoms with Gasteiger partial charge in [-0.25, -0.2) is 13.2 Å². The van der Waals surface area contributed by atoms with E-state index in [2.05, 4.69) is 6.92 Å². The molecule has 0 spiro atoms. The van der Waals surface area contributed by atoms with Gasteiger partial charge in [-0.2, -0.15) is 0 Å². The molecule has 0 aliphatic heterocycles. The van der Waals surface area contributed by atoms with Crippen LogP contribution in [0.2, 0.25) is 5.02 Å². The van der Waals surface area contributed by atoms with Gasteiger partial charge >= 0.3 is 0 Å². The molecule has 3 rings (SSSR count). The van der Waals surface area contributed by atoms with E-state index in [1.807, 2.05) is 0 Å². The zero-order valence-corrected chi connectivity index (χ0v) is 15.1. The second-order valence-corrected chi connectivity index (χ2v) is 7.40. The third kappa shape index (κ3) is 4.03. The van der Waals surface area contributed by atoms with Gasteiger partial charge in [0.2, 0.25) is 0 Å². The second kappa shape index (κ2) is 7.82. The summed E-state index contributed by atoms with van der Waals surface area (Å²) in [7, 11) is 0. The molecule has 0 nitrogen and oxygen atoms in total. The highest BCUT2D eigenvalue weighted by Crippen LogP contribution is 2.41. The lowest BCUT2D eigenvalue weighted by molar-refractivity contribution is 0.308. The lowest BCUT2D eigenvalue weighted by Crippen LogP contribution is -2.13. The summed E-state index contributed by atoms with van der Waals surface area (Å²) in [6, 6.07) is 6.61. The molecule has 1 fully saturated rings. The van der Waals surface area contributed by atoms with Crippen LogP contribution in [0.1, 0.15) is 56.9 Å². The molecule has 25 heavy (non-hydrogen) atoms. The van der Waals surface area contributed by atoms with Gasteiger partial charge in [0.15, 0.2) is 11.6 Å². The van der Waals surface area contributed by atoms with Crippen LogP contribution in [0.4, 0.5) is 13.2 Å². The van der Waals surface area contributed by atoms with E-state index in [9.17, 15) is 13.2 Å². The molecule has 0 amide bonds. The fourth-order valence-corrected chi connectivity index (χ4v) is 4.27. The van der Waals surface area contributed by atoms with Crippen molar-refractivity contribution in [2.24, 2.45) is 5.92 Å². The predicted molar refractivity (Wildman–Crippen MR) is 96.4 cm³/mol. The average Bonchev–Trinajstić information content (AvgIpc) is 2.58. The number of hydrogen-bond donors (Lipinski definition) is 0. The van der Waals surface area contributed by atoms with Crippen LogP contribution in [0.5, 0.6) is 0 Å². The van der Waals surface area contributed by atoms with Gasteiger partial charge in [0, 0.05) is 5.56 Å². The summed E-state index contributed by atoms with van der Waals surface area (Å²) in [4.78, 5) is 0. The fraction of sp³-hybridized carbons (Fsp3) is 0.429. The van der Waals surface area contributed by atoms with Gasteiger partial charge in [-0.15, -0.1) is 0 Å². The molecule has 2 aromatic carbocycles. The Bertz CT molecular complexity index is 726. The lowest BCUT2D eigenvalue weighted by Gasteiger charge is -2.29. The molecule has 1 saturated carbocycles. The molecule has 0 atom stereocenters. The maximum atomic E-state index is 14.7. The Kier molecular flexibility index (Phi) is 5.73. The van der Waals surface area contributed by atoms with Crippen LogP contribution < -0.4 is 0 Å². The smallest absolute Gasteiger partial charge is 0.159 e. The molecule has 0 N–H and O–H groups in total. The van der Waals surface area contributed by atoms with Gasteiger partial charge in [0.25, 0.3) is 0 Å². The molecular weight excluding hydrogens is 345 g/mol. The quantitative estimate of drug-likeness (QED) is 0.525. The summed E-state index contributed by atoms with van der Waals surface area (Å²) in [6.45, 7) is 2.21. The van der Waals surface area contributed by atoms with Crippen LogP contribution in [0, 0.1) is 23.4 Å². The van der Waals surface area contributed by atoms with Crippen LogP contribution >= 0.6 is 11.6 Å². The molecule has 0 radical (unpaired) electrons. The Labute approximate surface area is 152 Å². The van der Waals surface area contributed by atoms with E-state index in [0.717, 1.165) is 36.5 Å². The van der Waals surface area contributed by atoms with Crippen LogP contribution in [0.15, 0.2) is 30.3 Å². The van der Waals surface area contributed by atoms with E-state index in [1.54, 1.807) is 6.07 Å². The lowest BCUT2D eigenvalue weighted by atomic mass is 9.77. The van der Waals surface area contributed by atoms with Gasteiger partial charge in [-0.05, 0) is 72.9 Å². The van der Waals surface area contributed by atoms with E-state index in [0.29, 0.717) is 5.92 Å². The van der Waals surface area contributed by atoms with Gasteiger partial charge < -0.3 is 0 Å². The molecule has 0 unspecified atom stereocenters. The van der Waals surface area contributed by atoms with Crippen molar-refractivity contribution in [1.29, 1.82) is 0 Å². The van der Waals surface area contributed by atoms with Crippen molar-refractivity contribution >= 4 is 11.6 Å². The maximum absolute atomic E-state index is 14.7. The molecule has 1 aliphatic rings. The minimum absolute atomic E-state index is 0.129. The van der Waals surface area contributed by atoms with Crippen molar-refractivity contribution in [3.8, 4) is 11.1 Å². The Morgan fingerprint density at radius 3 is 2.24 bits per heavy atom. The third-order valence-corrected chi connectivity index (χ3v) is 5.59. The summed E-state index contributed by atoms with van der Waals surface area (Å²) in [6.07, 6.45) is 6.90. The number of rotatable bonds is 4. The molecular formula is C21H22ClF3. The van der Waals surface area contributed by atoms with E-state index >= 15 is 0 Å². The molecule has 2 aromatic rings. The van der Waals surface area contributed by atoms with Crippen molar-refractivity contribution in [2.75, 3.05) is 0 Å². The van der Waals surface area contributed by atoms with Gasteiger partial charge in [0.1, 0.15) is 5.82 Å². The van der Waals surface area contributed by atoms with Gasteiger partial charge in [-0.1, -0.05) is 37.4 Å². The predicted octanol–water partition coefficient (Wildman–Crippen LogP) is 7.50.